The monoisotopic (exact) mass is 509 g/mol. The molecule has 0 aliphatic carbocycles. The Balaban J connectivity index is 1.71. The van der Waals surface area contributed by atoms with E-state index in [1.807, 2.05) is 18.2 Å². The number of aromatic nitrogens is 7. The normalized spacial score (nSPS) is 11.3. The van der Waals surface area contributed by atoms with Crippen LogP contribution in [0.5, 0.6) is 6.01 Å². The highest BCUT2D eigenvalue weighted by Crippen LogP contribution is 2.36. The number of ether oxygens (including phenoxy) is 2. The first kappa shape index (κ1) is 24.4. The third-order valence-electron chi connectivity index (χ3n) is 5.76. The van der Waals surface area contributed by atoms with E-state index >= 15 is 0 Å². The molecule has 3 heterocycles. The number of imidazole rings is 1. The number of rotatable bonds is 4. The molecule has 12 nitrogen and oxygen atoms in total. The summed E-state index contributed by atoms with van der Waals surface area (Å²) >= 11 is 0. The van der Waals surface area contributed by atoms with Gasteiger partial charge in [0.25, 0.3) is 0 Å². The SMILES string of the molecule is COC(=O)Oc1ncn(-c2ccc(C#N)cc2-c2nc3cc(-c4cnc(N)nc4)ccc3n2C(C)(C)C)n1. The molecule has 0 radical (unpaired) electrons. The zero-order chi connectivity index (χ0) is 27.0. The smallest absolute Gasteiger partial charge is 0.437 e. The Morgan fingerprint density at radius 2 is 1.82 bits per heavy atom. The lowest BCUT2D eigenvalue weighted by Gasteiger charge is -2.25. The molecule has 0 fully saturated rings. The highest BCUT2D eigenvalue weighted by atomic mass is 16.7. The van der Waals surface area contributed by atoms with Gasteiger partial charge in [0.1, 0.15) is 12.2 Å². The van der Waals surface area contributed by atoms with Crippen LogP contribution in [-0.4, -0.2) is 47.5 Å². The molecular weight excluding hydrogens is 486 g/mol. The molecule has 0 bridgehead atoms. The van der Waals surface area contributed by atoms with Crippen molar-refractivity contribution in [3.05, 3.63) is 60.7 Å². The Morgan fingerprint density at radius 3 is 2.50 bits per heavy atom. The summed E-state index contributed by atoms with van der Waals surface area (Å²) in [4.78, 5) is 28.7. The van der Waals surface area contributed by atoms with Crippen molar-refractivity contribution in [2.45, 2.75) is 26.3 Å². The lowest BCUT2D eigenvalue weighted by molar-refractivity contribution is 0.118. The topological polar surface area (TPSA) is 160 Å². The number of nitrogen functional groups attached to an aromatic ring is 1. The van der Waals surface area contributed by atoms with Crippen molar-refractivity contribution >= 4 is 23.1 Å². The summed E-state index contributed by atoms with van der Waals surface area (Å²) < 4.78 is 13.0. The van der Waals surface area contributed by atoms with Gasteiger partial charge >= 0.3 is 12.2 Å². The Labute approximate surface area is 217 Å². The van der Waals surface area contributed by atoms with Gasteiger partial charge in [-0.2, -0.15) is 10.2 Å². The van der Waals surface area contributed by atoms with Crippen molar-refractivity contribution in [1.82, 2.24) is 34.3 Å². The first-order chi connectivity index (χ1) is 18.2. The number of methoxy groups -OCH3 is 1. The van der Waals surface area contributed by atoms with Crippen LogP contribution in [-0.2, 0) is 10.3 Å². The Bertz CT molecular complexity index is 1710. The van der Waals surface area contributed by atoms with E-state index in [1.165, 1.54) is 18.1 Å². The summed E-state index contributed by atoms with van der Waals surface area (Å²) in [6, 6.07) is 13.1. The molecular formula is C26H23N9O3. The van der Waals surface area contributed by atoms with Crippen LogP contribution in [0.1, 0.15) is 26.3 Å². The number of carbonyl (C=O) groups excluding carboxylic acids is 1. The molecule has 0 aliphatic rings. The maximum absolute atomic E-state index is 11.5. The Kier molecular flexibility index (Phi) is 5.96. The van der Waals surface area contributed by atoms with Gasteiger partial charge in [0.15, 0.2) is 0 Å². The number of nitrogens with two attached hydrogens (primary N) is 1. The summed E-state index contributed by atoms with van der Waals surface area (Å²) in [5.41, 5.74) is 10.3. The second-order valence-electron chi connectivity index (χ2n) is 9.35. The average Bonchev–Trinajstić information content (AvgIpc) is 3.52. The molecule has 5 aromatic rings. The maximum Gasteiger partial charge on any atom is 0.516 e. The van der Waals surface area contributed by atoms with Crippen molar-refractivity contribution < 1.29 is 14.3 Å². The molecule has 0 unspecified atom stereocenters. The number of benzene rings is 2. The first-order valence-corrected chi connectivity index (χ1v) is 11.5. The molecule has 3 aromatic heterocycles. The van der Waals surface area contributed by atoms with Gasteiger partial charge in [-0.3, -0.25) is 0 Å². The predicted molar refractivity (Wildman–Crippen MR) is 138 cm³/mol. The van der Waals surface area contributed by atoms with E-state index in [9.17, 15) is 10.1 Å². The number of hydrogen-bond donors (Lipinski definition) is 1. The molecule has 190 valence electrons. The lowest BCUT2D eigenvalue weighted by Crippen LogP contribution is -2.23. The van der Waals surface area contributed by atoms with Crippen LogP contribution in [0.25, 0.3) is 39.2 Å². The molecule has 0 saturated heterocycles. The van der Waals surface area contributed by atoms with Gasteiger partial charge in [-0.1, -0.05) is 6.07 Å². The van der Waals surface area contributed by atoms with Gasteiger partial charge < -0.3 is 19.8 Å². The molecule has 38 heavy (non-hydrogen) atoms. The van der Waals surface area contributed by atoms with Crippen LogP contribution in [0.3, 0.4) is 0 Å². The van der Waals surface area contributed by atoms with E-state index in [0.717, 1.165) is 22.2 Å². The van der Waals surface area contributed by atoms with E-state index in [1.54, 1.807) is 30.6 Å². The molecule has 2 aromatic carbocycles. The molecule has 12 heteroatoms. The third-order valence-corrected chi connectivity index (χ3v) is 5.76. The van der Waals surface area contributed by atoms with Crippen molar-refractivity contribution in [2.24, 2.45) is 0 Å². The van der Waals surface area contributed by atoms with Gasteiger partial charge in [0.05, 0.1) is 35.5 Å². The summed E-state index contributed by atoms with van der Waals surface area (Å²) in [5.74, 6) is 0.823. The Morgan fingerprint density at radius 1 is 1.05 bits per heavy atom. The Hall–Kier alpha value is -5.31. The summed E-state index contributed by atoms with van der Waals surface area (Å²) in [7, 11) is 1.20. The third kappa shape index (κ3) is 4.48. The molecule has 0 amide bonds. The number of hydrogen-bond acceptors (Lipinski definition) is 10. The van der Waals surface area contributed by atoms with E-state index in [4.69, 9.17) is 15.5 Å². The number of nitrogens with zero attached hydrogens (tertiary/aromatic N) is 8. The first-order valence-electron chi connectivity index (χ1n) is 11.5. The fourth-order valence-corrected chi connectivity index (χ4v) is 4.12. The zero-order valence-corrected chi connectivity index (χ0v) is 21.1. The summed E-state index contributed by atoms with van der Waals surface area (Å²) in [6.45, 7) is 6.22. The van der Waals surface area contributed by atoms with Crippen LogP contribution in [0.2, 0.25) is 0 Å². The second kappa shape index (κ2) is 9.29. The van der Waals surface area contributed by atoms with Gasteiger partial charge in [-0.15, -0.1) is 5.10 Å². The maximum atomic E-state index is 11.5. The largest absolute Gasteiger partial charge is 0.516 e. The fourth-order valence-electron chi connectivity index (χ4n) is 4.12. The van der Waals surface area contributed by atoms with Crippen LogP contribution >= 0.6 is 0 Å². The fraction of sp³-hybridized carbons (Fsp3) is 0.192. The molecule has 0 aliphatic heterocycles. The molecule has 0 spiro atoms. The van der Waals surface area contributed by atoms with E-state index < -0.39 is 6.16 Å². The van der Waals surface area contributed by atoms with Crippen molar-refractivity contribution in [3.63, 3.8) is 0 Å². The van der Waals surface area contributed by atoms with Crippen molar-refractivity contribution in [2.75, 3.05) is 12.8 Å². The minimum atomic E-state index is -0.931. The molecule has 0 saturated carbocycles. The minimum absolute atomic E-state index is 0.174. The predicted octanol–water partition coefficient (Wildman–Crippen LogP) is 4.10. The summed E-state index contributed by atoms with van der Waals surface area (Å²) in [5, 5.41) is 13.9. The van der Waals surface area contributed by atoms with E-state index in [0.29, 0.717) is 22.6 Å². The second-order valence-corrected chi connectivity index (χ2v) is 9.35. The number of fused-ring (bicyclic) bond motifs is 1. The standard InChI is InChI=1S/C26H23N9O3/c1-26(2,3)35-21-8-6-16(17-12-29-23(28)30-13-17)10-19(21)32-22(35)18-9-15(11-27)5-7-20(18)34-14-31-24(33-34)38-25(36)37-4/h5-10,12-14H,1-4H3,(H2,28,29,30). The highest BCUT2D eigenvalue weighted by Gasteiger charge is 2.25. The van der Waals surface area contributed by atoms with Crippen LogP contribution in [0.4, 0.5) is 10.7 Å². The van der Waals surface area contributed by atoms with Crippen LogP contribution < -0.4 is 10.5 Å². The number of carbonyl (C=O) groups is 1. The number of anilines is 1. The quantitative estimate of drug-likeness (QED) is 0.349. The zero-order valence-electron chi connectivity index (χ0n) is 21.1. The average molecular weight is 510 g/mol. The van der Waals surface area contributed by atoms with Crippen LogP contribution in [0.15, 0.2) is 55.1 Å². The van der Waals surface area contributed by atoms with Gasteiger partial charge in [0, 0.05) is 29.1 Å². The highest BCUT2D eigenvalue weighted by molar-refractivity contribution is 5.87. The van der Waals surface area contributed by atoms with Gasteiger partial charge in [-0.25, -0.2) is 24.4 Å². The van der Waals surface area contributed by atoms with E-state index in [2.05, 4.69) is 56.2 Å². The minimum Gasteiger partial charge on any atom is -0.437 e. The lowest BCUT2D eigenvalue weighted by atomic mass is 10.0. The molecule has 0 atom stereocenters. The van der Waals surface area contributed by atoms with Crippen molar-refractivity contribution in [3.8, 4) is 40.3 Å². The summed E-state index contributed by atoms with van der Waals surface area (Å²) in [6.07, 6.45) is 3.81. The molecule has 5 rings (SSSR count). The molecule has 2 N–H and O–H groups in total. The van der Waals surface area contributed by atoms with E-state index in [-0.39, 0.29) is 17.5 Å². The van der Waals surface area contributed by atoms with Gasteiger partial charge in [-0.05, 0) is 56.7 Å². The van der Waals surface area contributed by atoms with Gasteiger partial charge in [0.2, 0.25) is 5.95 Å². The number of nitriles is 1. The van der Waals surface area contributed by atoms with Crippen LogP contribution in [0, 0.1) is 11.3 Å². The van der Waals surface area contributed by atoms with Crippen molar-refractivity contribution in [1.29, 1.82) is 5.26 Å².